The number of Topliss-reactive ketones (excluding diaryl/α,β-unsaturated/α-hetero) is 2. The average Bonchev–Trinajstić information content (AvgIpc) is 3.12. The first-order valence-electron chi connectivity index (χ1n) is 9.92. The molecule has 5 aliphatic carbocycles. The molecule has 0 spiro atoms. The summed E-state index contributed by atoms with van der Waals surface area (Å²) in [4.78, 5) is 24.6. The zero-order valence-electron chi connectivity index (χ0n) is 14.9. The van der Waals surface area contributed by atoms with Gasteiger partial charge in [0.1, 0.15) is 11.6 Å². The van der Waals surface area contributed by atoms with Gasteiger partial charge in [0.2, 0.25) is 0 Å². The summed E-state index contributed by atoms with van der Waals surface area (Å²) in [5, 5.41) is 0. The Morgan fingerprint density at radius 3 is 2.86 bits per heavy atom. The molecule has 2 nitrogen and oxygen atoms in total. The minimum Gasteiger partial charge on any atom is -0.300 e. The smallest absolute Gasteiger partial charge is 0.139 e. The van der Waals surface area contributed by atoms with Crippen molar-refractivity contribution < 1.29 is 12.3 Å². The molecule has 0 aromatic carbocycles. The molecule has 0 bridgehead atoms. The van der Waals surface area contributed by atoms with Crippen LogP contribution in [0.25, 0.3) is 0 Å². The van der Waals surface area contributed by atoms with Crippen molar-refractivity contribution >= 4 is 11.6 Å². The van der Waals surface area contributed by atoms with E-state index in [0.717, 1.165) is 44.9 Å². The van der Waals surface area contributed by atoms with Crippen LogP contribution in [0.4, 0.5) is 0 Å². The molecule has 0 amide bonds. The van der Waals surface area contributed by atoms with Crippen LogP contribution < -0.4 is 0 Å². The lowest BCUT2D eigenvalue weighted by molar-refractivity contribution is -0.134. The molecule has 0 saturated heterocycles. The summed E-state index contributed by atoms with van der Waals surface area (Å²) in [5.74, 6) is 2.02. The van der Waals surface area contributed by atoms with E-state index in [1.54, 1.807) is 0 Å². The van der Waals surface area contributed by atoms with Crippen LogP contribution in [0.15, 0.2) is 0 Å². The first kappa shape index (κ1) is 11.0. The number of hydrogen-bond donors (Lipinski definition) is 0. The number of fused-ring (bicyclic) bond motifs is 3. The fourth-order valence-corrected chi connectivity index (χ4v) is 7.21. The molecule has 5 rings (SSSR count). The largest absolute Gasteiger partial charge is 0.300 e. The molecule has 0 N–H and O–H groups in total. The van der Waals surface area contributed by atoms with E-state index < -0.39 is 12.8 Å². The molecule has 0 aromatic heterocycles. The monoisotopic (exact) mass is 288 g/mol. The summed E-state index contributed by atoms with van der Waals surface area (Å²) < 4.78 is 16.9. The molecule has 21 heavy (non-hydrogen) atoms. The molecule has 5 fully saturated rings. The molecule has 0 aromatic rings. The van der Waals surface area contributed by atoms with Crippen molar-refractivity contribution in [2.75, 3.05) is 0 Å². The second-order valence-corrected chi connectivity index (χ2v) is 8.81. The van der Waals surface area contributed by atoms with Gasteiger partial charge in [0.05, 0.1) is 0 Å². The van der Waals surface area contributed by atoms with Gasteiger partial charge >= 0.3 is 0 Å². The van der Waals surface area contributed by atoms with Crippen LogP contribution in [0.2, 0.25) is 0 Å². The van der Waals surface area contributed by atoms with Crippen molar-refractivity contribution in [2.24, 2.45) is 34.0 Å². The summed E-state index contributed by atoms with van der Waals surface area (Å²) in [6, 6.07) is 0. The van der Waals surface area contributed by atoms with Crippen molar-refractivity contribution in [1.82, 2.24) is 0 Å². The number of rotatable bonds is 0. The SMILES string of the molecule is [2H]C1C(=O)C[C@@]23CC[C@H]4[C@@H]5CCC(=O)[C@@]5(C)CC[C@@H]4[C@@]2(C3)C1[2H]. The van der Waals surface area contributed by atoms with Gasteiger partial charge in [-0.15, -0.1) is 0 Å². The van der Waals surface area contributed by atoms with E-state index in [2.05, 4.69) is 6.92 Å². The van der Waals surface area contributed by atoms with E-state index >= 15 is 0 Å². The highest BCUT2D eigenvalue weighted by Gasteiger charge is 2.75. The topological polar surface area (TPSA) is 34.1 Å². The lowest BCUT2D eigenvalue weighted by atomic mass is 9.50. The van der Waals surface area contributed by atoms with Gasteiger partial charge in [-0.25, -0.2) is 0 Å². The summed E-state index contributed by atoms with van der Waals surface area (Å²) in [5.41, 5.74) is -0.121. The average molecular weight is 288 g/mol. The van der Waals surface area contributed by atoms with E-state index in [1.807, 2.05) is 0 Å². The van der Waals surface area contributed by atoms with Gasteiger partial charge < -0.3 is 0 Å². The highest BCUT2D eigenvalue weighted by atomic mass is 16.1. The Balaban J connectivity index is 1.54. The summed E-state index contributed by atoms with van der Waals surface area (Å²) in [6.45, 7) is 2.19. The highest BCUT2D eigenvalue weighted by Crippen LogP contribution is 2.82. The van der Waals surface area contributed by atoms with Gasteiger partial charge in [-0.3, -0.25) is 9.59 Å². The third kappa shape index (κ3) is 1.32. The molecule has 0 aliphatic heterocycles. The van der Waals surface area contributed by atoms with Crippen molar-refractivity contribution in [2.45, 2.75) is 71.1 Å². The second kappa shape index (κ2) is 3.63. The van der Waals surface area contributed by atoms with Crippen molar-refractivity contribution in [1.29, 1.82) is 0 Å². The predicted molar refractivity (Wildman–Crippen MR) is 79.6 cm³/mol. The van der Waals surface area contributed by atoms with Crippen LogP contribution in [-0.2, 0) is 9.59 Å². The lowest BCUT2D eigenvalue weighted by Gasteiger charge is -2.53. The standard InChI is InChI=1S/C19H26O2/c1-17-7-6-15-13(14(17)2-3-16(17)21)5-8-18-10-12(20)4-9-19(15,18)11-18/h13-15H,2-11H2,1H3/t13-,14-,15-,17-,18+,19-/m0/s1/i4D,9D/t4?,9?,13-,14-,15-,17-,18+,19-. The molecule has 8 atom stereocenters. The van der Waals surface area contributed by atoms with Crippen LogP contribution in [-0.4, -0.2) is 11.6 Å². The Labute approximate surface area is 129 Å². The van der Waals surface area contributed by atoms with Crippen LogP contribution in [0.3, 0.4) is 0 Å². The molecule has 2 heteroatoms. The van der Waals surface area contributed by atoms with Crippen LogP contribution in [0.5, 0.6) is 0 Å². The number of carbonyl (C=O) groups excluding carboxylic acids is 2. The first-order chi connectivity index (χ1) is 10.9. The van der Waals surface area contributed by atoms with Crippen molar-refractivity contribution in [3.05, 3.63) is 0 Å². The Morgan fingerprint density at radius 2 is 2.00 bits per heavy atom. The lowest BCUT2D eigenvalue weighted by Crippen LogP contribution is -2.48. The van der Waals surface area contributed by atoms with Crippen molar-refractivity contribution in [3.63, 3.8) is 0 Å². The van der Waals surface area contributed by atoms with Crippen LogP contribution in [0, 0.1) is 34.0 Å². The molecule has 5 saturated carbocycles. The summed E-state index contributed by atoms with van der Waals surface area (Å²) in [7, 11) is 0. The van der Waals surface area contributed by atoms with Gasteiger partial charge in [0.15, 0.2) is 0 Å². The van der Waals surface area contributed by atoms with E-state index in [9.17, 15) is 9.59 Å². The molecule has 0 heterocycles. The number of carbonyl (C=O) groups is 2. The Morgan fingerprint density at radius 1 is 1.14 bits per heavy atom. The maximum absolute atomic E-state index is 12.4. The van der Waals surface area contributed by atoms with Crippen LogP contribution in [0.1, 0.15) is 73.8 Å². The van der Waals surface area contributed by atoms with Crippen LogP contribution >= 0.6 is 0 Å². The summed E-state index contributed by atoms with van der Waals surface area (Å²) in [6.07, 6.45) is 6.19. The van der Waals surface area contributed by atoms with Crippen molar-refractivity contribution in [3.8, 4) is 0 Å². The van der Waals surface area contributed by atoms with E-state index in [1.165, 1.54) is 0 Å². The second-order valence-electron chi connectivity index (χ2n) is 8.81. The Bertz CT molecular complexity index is 618. The minimum atomic E-state index is -0.831. The normalized spacial score (nSPS) is 66.4. The molecular weight excluding hydrogens is 260 g/mol. The van der Waals surface area contributed by atoms with Gasteiger partial charge in [-0.2, -0.15) is 0 Å². The molecule has 2 unspecified atom stereocenters. The van der Waals surface area contributed by atoms with Gasteiger partial charge in [0, 0.05) is 27.4 Å². The maximum atomic E-state index is 12.4. The third-order valence-corrected chi connectivity index (χ3v) is 8.34. The third-order valence-electron chi connectivity index (χ3n) is 8.34. The highest BCUT2D eigenvalue weighted by molar-refractivity contribution is 5.87. The van der Waals surface area contributed by atoms with Gasteiger partial charge in [-0.1, -0.05) is 6.92 Å². The first-order valence-corrected chi connectivity index (χ1v) is 8.76. The molecular formula is C19H26O2. The quantitative estimate of drug-likeness (QED) is 0.677. The van der Waals surface area contributed by atoms with Gasteiger partial charge in [0.25, 0.3) is 0 Å². The fourth-order valence-electron chi connectivity index (χ4n) is 7.21. The van der Waals surface area contributed by atoms with E-state index in [0.29, 0.717) is 30.0 Å². The Kier molecular flexibility index (Phi) is 1.89. The molecule has 5 aliphatic rings. The number of ketones is 2. The molecule has 114 valence electrons. The van der Waals surface area contributed by atoms with E-state index in [4.69, 9.17) is 2.74 Å². The maximum Gasteiger partial charge on any atom is 0.139 e. The molecule has 0 radical (unpaired) electrons. The van der Waals surface area contributed by atoms with Gasteiger partial charge in [-0.05, 0) is 73.5 Å². The predicted octanol–water partition coefficient (Wildman–Crippen LogP) is 3.92. The number of hydrogen-bond acceptors (Lipinski definition) is 2. The van der Waals surface area contributed by atoms with E-state index in [-0.39, 0.29) is 22.0 Å². The Hall–Kier alpha value is -0.660. The zero-order valence-corrected chi connectivity index (χ0v) is 12.9. The zero-order chi connectivity index (χ0) is 16.2. The fraction of sp³-hybridized carbons (Fsp3) is 0.895. The summed E-state index contributed by atoms with van der Waals surface area (Å²) >= 11 is 0. The minimum absolute atomic E-state index is 0.00765.